The van der Waals surface area contributed by atoms with Crippen LogP contribution in [0.3, 0.4) is 0 Å². The maximum absolute atomic E-state index is 12.7. The fraction of sp³-hybridized carbons (Fsp3) is 0.174. The number of benzene rings is 2. The minimum atomic E-state index is -0.823. The maximum atomic E-state index is 12.7. The van der Waals surface area contributed by atoms with Crippen LogP contribution in [0.1, 0.15) is 33.6 Å². The van der Waals surface area contributed by atoms with Crippen molar-refractivity contribution >= 4 is 22.8 Å². The van der Waals surface area contributed by atoms with Gasteiger partial charge in [0.25, 0.3) is 0 Å². The number of nitrogens with zero attached hydrogens (tertiary/aromatic N) is 2. The molecule has 0 aliphatic heterocycles. The highest BCUT2D eigenvalue weighted by molar-refractivity contribution is 6.10. The Kier molecular flexibility index (Phi) is 4.76. The molecule has 0 aliphatic carbocycles. The Balaban J connectivity index is 1.70. The molecule has 0 amide bonds. The molecule has 0 spiro atoms. The minimum absolute atomic E-state index is 0.0316. The van der Waals surface area contributed by atoms with Gasteiger partial charge >= 0.3 is 5.97 Å². The first-order valence-electron chi connectivity index (χ1n) is 9.42. The minimum Gasteiger partial charge on any atom is -0.481 e. The zero-order valence-electron chi connectivity index (χ0n) is 16.3. The summed E-state index contributed by atoms with van der Waals surface area (Å²) < 4.78 is 1.94. The van der Waals surface area contributed by atoms with Crippen LogP contribution in [0.4, 0.5) is 0 Å². The Morgan fingerprint density at radius 3 is 2.55 bits per heavy atom. The second-order valence-corrected chi connectivity index (χ2v) is 7.12. The molecule has 2 heterocycles. The third-order valence-electron chi connectivity index (χ3n) is 5.12. The number of aryl methyl sites for hydroxylation is 2. The predicted octanol–water partition coefficient (Wildman–Crippen LogP) is 4.35. The van der Waals surface area contributed by atoms with Crippen LogP contribution in [-0.4, -0.2) is 31.4 Å². The summed E-state index contributed by atoms with van der Waals surface area (Å²) in [4.78, 5) is 31.6. The van der Waals surface area contributed by atoms with E-state index in [1.807, 2.05) is 54.9 Å². The van der Waals surface area contributed by atoms with E-state index in [0.717, 1.165) is 27.9 Å². The van der Waals surface area contributed by atoms with Crippen LogP contribution in [0.5, 0.6) is 0 Å². The van der Waals surface area contributed by atoms with Crippen LogP contribution in [0.2, 0.25) is 0 Å². The number of aromatic nitrogens is 3. The number of imidazole rings is 1. The maximum Gasteiger partial charge on any atom is 0.305 e. The summed E-state index contributed by atoms with van der Waals surface area (Å²) in [5.41, 5.74) is 5.76. The van der Waals surface area contributed by atoms with E-state index in [1.54, 1.807) is 18.2 Å². The zero-order valence-corrected chi connectivity index (χ0v) is 16.3. The summed E-state index contributed by atoms with van der Waals surface area (Å²) >= 11 is 0. The summed E-state index contributed by atoms with van der Waals surface area (Å²) in [5, 5.41) is 8.95. The molecule has 6 nitrogen and oxygen atoms in total. The molecule has 2 aromatic carbocycles. The van der Waals surface area contributed by atoms with Gasteiger partial charge in [-0.25, -0.2) is 4.98 Å². The highest BCUT2D eigenvalue weighted by Crippen LogP contribution is 2.29. The lowest BCUT2D eigenvalue weighted by molar-refractivity contribution is -0.137. The molecule has 0 radical (unpaired) electrons. The standard InChI is InChI=1S/C23H21N3O3/c1-14-13-26(11-10-20(27)28)15(2)21(14)23-24-18-9-8-17(12-19(18)25-23)22(29)16-6-4-3-5-7-16/h3-9,12-13H,10-11H2,1-2H3,(H,24,25)(H,27,28). The van der Waals surface area contributed by atoms with Gasteiger partial charge in [0.2, 0.25) is 0 Å². The van der Waals surface area contributed by atoms with E-state index in [2.05, 4.69) is 9.97 Å². The number of carboxylic acid groups (broad SMARTS) is 1. The second kappa shape index (κ2) is 7.39. The van der Waals surface area contributed by atoms with E-state index in [1.165, 1.54) is 0 Å². The third kappa shape index (κ3) is 3.57. The summed E-state index contributed by atoms with van der Waals surface area (Å²) in [5.74, 6) is -0.138. The molecule has 0 fully saturated rings. The number of aliphatic carboxylic acids is 1. The van der Waals surface area contributed by atoms with Crippen LogP contribution >= 0.6 is 0 Å². The molecule has 6 heteroatoms. The van der Waals surface area contributed by atoms with Crippen LogP contribution in [0.25, 0.3) is 22.4 Å². The average Bonchev–Trinajstić information content (AvgIpc) is 3.25. The molecule has 4 aromatic rings. The Morgan fingerprint density at radius 2 is 1.83 bits per heavy atom. The third-order valence-corrected chi connectivity index (χ3v) is 5.12. The Bertz CT molecular complexity index is 1220. The molecule has 4 rings (SSSR count). The first-order valence-corrected chi connectivity index (χ1v) is 9.42. The number of hydrogen-bond donors (Lipinski definition) is 2. The van der Waals surface area contributed by atoms with Gasteiger partial charge in [-0.2, -0.15) is 0 Å². The van der Waals surface area contributed by atoms with Crippen molar-refractivity contribution in [1.82, 2.24) is 14.5 Å². The van der Waals surface area contributed by atoms with E-state index in [4.69, 9.17) is 5.11 Å². The number of carbonyl (C=O) groups is 2. The number of rotatable bonds is 6. The Morgan fingerprint density at radius 1 is 1.07 bits per heavy atom. The van der Waals surface area contributed by atoms with Gasteiger partial charge < -0.3 is 14.7 Å². The van der Waals surface area contributed by atoms with Crippen molar-refractivity contribution in [2.75, 3.05) is 0 Å². The van der Waals surface area contributed by atoms with Gasteiger partial charge in [-0.1, -0.05) is 30.3 Å². The lowest BCUT2D eigenvalue weighted by Crippen LogP contribution is -2.05. The topological polar surface area (TPSA) is 88.0 Å². The van der Waals surface area contributed by atoms with Crippen LogP contribution < -0.4 is 0 Å². The molecular weight excluding hydrogens is 366 g/mol. The molecule has 2 aromatic heterocycles. The molecule has 146 valence electrons. The first-order chi connectivity index (χ1) is 13.9. The number of nitrogens with one attached hydrogen (secondary N) is 1. The number of carbonyl (C=O) groups excluding carboxylic acids is 1. The van der Waals surface area contributed by atoms with Gasteiger partial charge in [-0.3, -0.25) is 9.59 Å². The molecular formula is C23H21N3O3. The number of carboxylic acids is 1. The van der Waals surface area contributed by atoms with Crippen molar-refractivity contribution < 1.29 is 14.7 Å². The lowest BCUT2D eigenvalue weighted by Gasteiger charge is -2.04. The molecule has 2 N–H and O–H groups in total. The zero-order chi connectivity index (χ0) is 20.5. The van der Waals surface area contributed by atoms with E-state index in [0.29, 0.717) is 23.5 Å². The Labute approximate surface area is 167 Å². The monoisotopic (exact) mass is 387 g/mol. The van der Waals surface area contributed by atoms with Gasteiger partial charge in [0.1, 0.15) is 5.82 Å². The smallest absolute Gasteiger partial charge is 0.305 e. The second-order valence-electron chi connectivity index (χ2n) is 7.12. The van der Waals surface area contributed by atoms with E-state index in [-0.39, 0.29) is 12.2 Å². The van der Waals surface area contributed by atoms with Gasteiger partial charge in [0.05, 0.1) is 17.5 Å². The number of hydrogen-bond acceptors (Lipinski definition) is 3. The van der Waals surface area contributed by atoms with E-state index in [9.17, 15) is 9.59 Å². The molecule has 0 aliphatic rings. The number of aromatic amines is 1. The normalized spacial score (nSPS) is 11.1. The van der Waals surface area contributed by atoms with E-state index >= 15 is 0 Å². The van der Waals surface area contributed by atoms with Crippen molar-refractivity contribution in [2.45, 2.75) is 26.8 Å². The molecule has 0 saturated heterocycles. The van der Waals surface area contributed by atoms with Crippen molar-refractivity contribution in [2.24, 2.45) is 0 Å². The molecule has 0 atom stereocenters. The average molecular weight is 387 g/mol. The number of ketones is 1. The van der Waals surface area contributed by atoms with Crippen molar-refractivity contribution in [1.29, 1.82) is 0 Å². The van der Waals surface area contributed by atoms with Crippen molar-refractivity contribution in [3.8, 4) is 11.4 Å². The predicted molar refractivity (Wildman–Crippen MR) is 111 cm³/mol. The van der Waals surface area contributed by atoms with Crippen molar-refractivity contribution in [3.63, 3.8) is 0 Å². The van der Waals surface area contributed by atoms with Gasteiger partial charge in [-0.05, 0) is 37.6 Å². The fourth-order valence-corrected chi connectivity index (χ4v) is 3.66. The van der Waals surface area contributed by atoms with Gasteiger partial charge in [0, 0.05) is 35.1 Å². The number of fused-ring (bicyclic) bond motifs is 1. The van der Waals surface area contributed by atoms with Crippen LogP contribution in [0, 0.1) is 13.8 Å². The highest BCUT2D eigenvalue weighted by atomic mass is 16.4. The van der Waals surface area contributed by atoms with E-state index < -0.39 is 5.97 Å². The largest absolute Gasteiger partial charge is 0.481 e. The summed E-state index contributed by atoms with van der Waals surface area (Å²) in [6, 6.07) is 14.6. The first kappa shape index (κ1) is 18.7. The molecule has 0 unspecified atom stereocenters. The van der Waals surface area contributed by atoms with Crippen LogP contribution in [-0.2, 0) is 11.3 Å². The Hall–Kier alpha value is -3.67. The van der Waals surface area contributed by atoms with Crippen LogP contribution in [0.15, 0.2) is 54.7 Å². The molecule has 0 saturated carbocycles. The van der Waals surface area contributed by atoms with Gasteiger partial charge in [-0.15, -0.1) is 0 Å². The lowest BCUT2D eigenvalue weighted by atomic mass is 10.0. The SMILES string of the molecule is Cc1cn(CCC(=O)O)c(C)c1-c1nc2ccc(C(=O)c3ccccc3)cc2[nH]1. The van der Waals surface area contributed by atoms with Gasteiger partial charge in [0.15, 0.2) is 5.78 Å². The summed E-state index contributed by atoms with van der Waals surface area (Å²) in [6.07, 6.45) is 2.02. The molecule has 0 bridgehead atoms. The van der Waals surface area contributed by atoms with Crippen molar-refractivity contribution in [3.05, 3.63) is 77.1 Å². The quantitative estimate of drug-likeness (QED) is 0.481. The fourth-order valence-electron chi connectivity index (χ4n) is 3.66. The number of H-pyrrole nitrogens is 1. The molecule has 29 heavy (non-hydrogen) atoms. The highest BCUT2D eigenvalue weighted by Gasteiger charge is 2.17. The summed E-state index contributed by atoms with van der Waals surface area (Å²) in [6.45, 7) is 4.36. The summed E-state index contributed by atoms with van der Waals surface area (Å²) in [7, 11) is 0.